The van der Waals surface area contributed by atoms with Crippen molar-refractivity contribution < 1.29 is 4.20 Å². The number of rotatable bonds is 3. The molecule has 1 aliphatic rings. The van der Waals surface area contributed by atoms with Crippen LogP contribution in [0.4, 0.5) is 4.20 Å². The SMILES string of the molecule is CCC1(CC)CCCCCCC[PH]1(F)CC. The molecule has 0 aromatic rings. The minimum atomic E-state index is -2.51. The van der Waals surface area contributed by atoms with E-state index in [0.29, 0.717) is 0 Å². The van der Waals surface area contributed by atoms with Crippen LogP contribution in [0.5, 0.6) is 0 Å². The summed E-state index contributed by atoms with van der Waals surface area (Å²) in [6, 6.07) is 0. The predicted octanol–water partition coefficient (Wildman–Crippen LogP) is 5.55. The van der Waals surface area contributed by atoms with Crippen molar-refractivity contribution in [1.29, 1.82) is 0 Å². The Kier molecular flexibility index (Phi) is 5.71. The molecule has 1 saturated heterocycles. The molecule has 1 fully saturated rings. The maximum atomic E-state index is 15.4. The molecule has 16 heavy (non-hydrogen) atoms. The standard InChI is InChI=1S/C14H30FP/c1-4-14(5-2)12-10-8-7-9-11-13-16(14,15)6-3/h16H,4-13H2,1-3H3. The Morgan fingerprint density at radius 1 is 0.938 bits per heavy atom. The summed E-state index contributed by atoms with van der Waals surface area (Å²) in [4.78, 5) is 0. The number of hydrogen-bond donors (Lipinski definition) is 0. The van der Waals surface area contributed by atoms with Gasteiger partial charge in [0.1, 0.15) is 0 Å². The minimum absolute atomic E-state index is 0.103. The van der Waals surface area contributed by atoms with Gasteiger partial charge in [-0.3, -0.25) is 0 Å². The monoisotopic (exact) mass is 248 g/mol. The zero-order valence-electron chi connectivity index (χ0n) is 11.4. The van der Waals surface area contributed by atoms with E-state index in [2.05, 4.69) is 20.8 Å². The quantitative estimate of drug-likeness (QED) is 0.574. The molecule has 1 rings (SSSR count). The van der Waals surface area contributed by atoms with Crippen molar-refractivity contribution in [3.63, 3.8) is 0 Å². The molecule has 98 valence electrons. The van der Waals surface area contributed by atoms with Gasteiger partial charge >= 0.3 is 101 Å². The van der Waals surface area contributed by atoms with Crippen molar-refractivity contribution in [1.82, 2.24) is 0 Å². The third-order valence-corrected chi connectivity index (χ3v) is 10.2. The van der Waals surface area contributed by atoms with Gasteiger partial charge in [0, 0.05) is 0 Å². The first-order valence-corrected chi connectivity index (χ1v) is 9.62. The maximum absolute atomic E-state index is 15.4. The molecule has 1 heterocycles. The second-order valence-electron chi connectivity index (χ2n) is 5.57. The summed E-state index contributed by atoms with van der Waals surface area (Å²) in [6.07, 6.45) is 11.4. The Morgan fingerprint density at radius 3 is 2.06 bits per heavy atom. The van der Waals surface area contributed by atoms with E-state index in [4.69, 9.17) is 0 Å². The molecule has 0 bridgehead atoms. The van der Waals surface area contributed by atoms with Crippen molar-refractivity contribution in [2.75, 3.05) is 12.3 Å². The molecular formula is C14H30FP. The van der Waals surface area contributed by atoms with Gasteiger partial charge in [-0.15, -0.1) is 0 Å². The van der Waals surface area contributed by atoms with E-state index in [9.17, 15) is 0 Å². The third kappa shape index (κ3) is 2.78. The zero-order valence-corrected chi connectivity index (χ0v) is 12.4. The van der Waals surface area contributed by atoms with Gasteiger partial charge in [-0.05, 0) is 0 Å². The Labute approximate surface area is 102 Å². The van der Waals surface area contributed by atoms with Crippen LogP contribution in [0.15, 0.2) is 0 Å². The first kappa shape index (κ1) is 14.4. The van der Waals surface area contributed by atoms with Crippen molar-refractivity contribution in [2.24, 2.45) is 0 Å². The first-order chi connectivity index (χ1) is 7.64. The van der Waals surface area contributed by atoms with E-state index in [-0.39, 0.29) is 5.16 Å². The zero-order chi connectivity index (χ0) is 12.1. The van der Waals surface area contributed by atoms with E-state index in [1.165, 1.54) is 25.7 Å². The molecule has 0 atom stereocenters. The van der Waals surface area contributed by atoms with E-state index < -0.39 is 7.57 Å². The Bertz CT molecular complexity index is 201. The van der Waals surface area contributed by atoms with Crippen LogP contribution < -0.4 is 0 Å². The summed E-state index contributed by atoms with van der Waals surface area (Å²) in [5.74, 6) is 0. The third-order valence-electron chi connectivity index (χ3n) is 5.09. The van der Waals surface area contributed by atoms with Crippen molar-refractivity contribution in [3.8, 4) is 0 Å². The number of hydrogen-bond acceptors (Lipinski definition) is 0. The summed E-state index contributed by atoms with van der Waals surface area (Å²) < 4.78 is 15.4. The second kappa shape index (κ2) is 6.34. The van der Waals surface area contributed by atoms with Gasteiger partial charge < -0.3 is 0 Å². The van der Waals surface area contributed by atoms with E-state index in [0.717, 1.165) is 38.0 Å². The van der Waals surface area contributed by atoms with Gasteiger partial charge in [0.2, 0.25) is 0 Å². The van der Waals surface area contributed by atoms with Crippen molar-refractivity contribution >= 4 is 7.57 Å². The molecule has 0 N–H and O–H groups in total. The van der Waals surface area contributed by atoms with Crippen molar-refractivity contribution in [2.45, 2.75) is 77.3 Å². The summed E-state index contributed by atoms with van der Waals surface area (Å²) in [6.45, 7) is 6.54. The van der Waals surface area contributed by atoms with Crippen LogP contribution in [-0.4, -0.2) is 17.5 Å². The van der Waals surface area contributed by atoms with Crippen LogP contribution in [0.2, 0.25) is 0 Å². The fourth-order valence-corrected chi connectivity index (χ4v) is 8.01. The average Bonchev–Trinajstić information content (AvgIpc) is 2.39. The molecule has 0 radical (unpaired) electrons. The summed E-state index contributed by atoms with van der Waals surface area (Å²) in [5.41, 5.74) is 0. The van der Waals surface area contributed by atoms with Gasteiger partial charge in [-0.1, -0.05) is 0 Å². The summed E-state index contributed by atoms with van der Waals surface area (Å²) >= 11 is 0. The van der Waals surface area contributed by atoms with Gasteiger partial charge in [0.25, 0.3) is 0 Å². The molecule has 0 unspecified atom stereocenters. The molecule has 0 saturated carbocycles. The van der Waals surface area contributed by atoms with Crippen LogP contribution in [0.25, 0.3) is 0 Å². The molecule has 0 aromatic carbocycles. The van der Waals surface area contributed by atoms with E-state index >= 15 is 4.20 Å². The fourth-order valence-electron chi connectivity index (χ4n) is 3.68. The second-order valence-corrected chi connectivity index (χ2v) is 9.77. The van der Waals surface area contributed by atoms with E-state index in [1.54, 1.807) is 0 Å². The predicted molar refractivity (Wildman–Crippen MR) is 75.8 cm³/mol. The van der Waals surface area contributed by atoms with E-state index in [1.807, 2.05) is 0 Å². The molecular weight excluding hydrogens is 218 g/mol. The van der Waals surface area contributed by atoms with Crippen LogP contribution >= 0.6 is 7.57 Å². The molecule has 0 amide bonds. The molecule has 2 heteroatoms. The fraction of sp³-hybridized carbons (Fsp3) is 1.00. The molecule has 1 aliphatic heterocycles. The molecule has 0 spiro atoms. The van der Waals surface area contributed by atoms with Gasteiger partial charge in [-0.2, -0.15) is 0 Å². The van der Waals surface area contributed by atoms with Crippen LogP contribution in [0, 0.1) is 0 Å². The molecule has 0 aliphatic carbocycles. The van der Waals surface area contributed by atoms with Crippen LogP contribution in [0.1, 0.15) is 72.1 Å². The molecule has 0 nitrogen and oxygen atoms in total. The topological polar surface area (TPSA) is 0 Å². The van der Waals surface area contributed by atoms with Gasteiger partial charge in [0.15, 0.2) is 0 Å². The Morgan fingerprint density at radius 2 is 1.50 bits per heavy atom. The van der Waals surface area contributed by atoms with Crippen molar-refractivity contribution in [3.05, 3.63) is 0 Å². The summed E-state index contributed by atoms with van der Waals surface area (Å²) in [5, 5.41) is 0.103. The summed E-state index contributed by atoms with van der Waals surface area (Å²) in [7, 11) is -2.51. The average molecular weight is 248 g/mol. The van der Waals surface area contributed by atoms with Gasteiger partial charge in [-0.25, -0.2) is 0 Å². The van der Waals surface area contributed by atoms with Crippen LogP contribution in [0.3, 0.4) is 0 Å². The van der Waals surface area contributed by atoms with Crippen LogP contribution in [-0.2, 0) is 0 Å². The normalized spacial score (nSPS) is 27.5. The molecule has 0 aromatic heterocycles. The number of halogens is 1. The first-order valence-electron chi connectivity index (χ1n) is 7.33. The Balaban J connectivity index is 2.92. The van der Waals surface area contributed by atoms with Gasteiger partial charge in [0.05, 0.1) is 0 Å². The Hall–Kier alpha value is 0.360.